The monoisotopic (exact) mass is 510 g/mol. The fraction of sp³-hybridized carbons (Fsp3) is 0.593. The van der Waals surface area contributed by atoms with Crippen LogP contribution in [0, 0.1) is 17.8 Å². The van der Waals surface area contributed by atoms with Gasteiger partial charge in [0.2, 0.25) is 17.7 Å². The van der Waals surface area contributed by atoms with E-state index in [-0.39, 0.29) is 42.4 Å². The van der Waals surface area contributed by atoms with Gasteiger partial charge in [0.15, 0.2) is 5.78 Å². The normalized spacial score (nSPS) is 31.5. The highest BCUT2D eigenvalue weighted by Gasteiger charge is 2.56. The second kappa shape index (κ2) is 10.2. The Morgan fingerprint density at radius 1 is 1.14 bits per heavy atom. The Hall–Kier alpha value is -3.27. The zero-order chi connectivity index (χ0) is 26.2. The molecule has 1 aromatic carbocycles. The second-order valence-electron chi connectivity index (χ2n) is 10.8. The number of Topliss-reactive ketones (excluding diaryl/α,β-unsaturated/α-hetero) is 1. The third-order valence-electron chi connectivity index (χ3n) is 8.68. The topological polar surface area (TPSA) is 145 Å². The highest BCUT2D eigenvalue weighted by molar-refractivity contribution is 5.99. The van der Waals surface area contributed by atoms with Gasteiger partial charge in [0.1, 0.15) is 18.2 Å². The molecule has 3 saturated heterocycles. The lowest BCUT2D eigenvalue weighted by molar-refractivity contribution is -0.146. The summed E-state index contributed by atoms with van der Waals surface area (Å²) in [5.41, 5.74) is -0.555. The smallest absolute Gasteiger partial charge is 0.253 e. The number of likely N-dealkylation sites (tertiary alicyclic amines) is 1. The van der Waals surface area contributed by atoms with Gasteiger partial charge in [-0.15, -0.1) is 0 Å². The van der Waals surface area contributed by atoms with E-state index in [0.717, 1.165) is 19.3 Å². The Morgan fingerprint density at radius 2 is 1.92 bits per heavy atom. The molecule has 1 aliphatic carbocycles. The summed E-state index contributed by atoms with van der Waals surface area (Å²) in [6, 6.07) is 7.32. The number of ketones is 1. The van der Waals surface area contributed by atoms with Gasteiger partial charge in [0.25, 0.3) is 5.91 Å². The number of benzene rings is 1. The van der Waals surface area contributed by atoms with Crippen LogP contribution in [0.5, 0.6) is 0 Å². The van der Waals surface area contributed by atoms with Gasteiger partial charge in [-0.1, -0.05) is 36.8 Å². The van der Waals surface area contributed by atoms with Gasteiger partial charge >= 0.3 is 0 Å². The molecule has 198 valence electrons. The molecule has 0 unspecified atom stereocenters. The summed E-state index contributed by atoms with van der Waals surface area (Å²) in [5, 5.41) is 18.0. The average molecular weight is 511 g/mol. The number of carbonyl (C=O) groups excluding carboxylic acids is 5. The zero-order valence-electron chi connectivity index (χ0n) is 20.8. The summed E-state index contributed by atoms with van der Waals surface area (Å²) in [6.45, 7) is 0.177. The molecule has 3 heterocycles. The molecule has 0 bridgehead atoms. The highest BCUT2D eigenvalue weighted by atomic mass is 16.3. The lowest BCUT2D eigenvalue weighted by Crippen LogP contribution is -2.59. The first-order chi connectivity index (χ1) is 17.8. The molecule has 10 nitrogen and oxygen atoms in total. The van der Waals surface area contributed by atoms with Crippen molar-refractivity contribution in [3.8, 4) is 0 Å². The van der Waals surface area contributed by atoms with Crippen LogP contribution < -0.4 is 16.0 Å². The van der Waals surface area contributed by atoms with E-state index in [0.29, 0.717) is 31.5 Å². The maximum atomic E-state index is 14.2. The molecule has 3 aliphatic heterocycles. The van der Waals surface area contributed by atoms with Crippen molar-refractivity contribution in [1.29, 1.82) is 0 Å². The van der Waals surface area contributed by atoms with E-state index in [1.54, 1.807) is 4.90 Å². The molecule has 1 aromatic rings. The van der Waals surface area contributed by atoms with Crippen LogP contribution in [0.2, 0.25) is 0 Å². The predicted molar refractivity (Wildman–Crippen MR) is 132 cm³/mol. The number of hydrogen-bond acceptors (Lipinski definition) is 6. The SMILES string of the molecule is O=C1CC[C@](C(=O)N2C[C@@H]3CCC[C@@H]3[C@H]2C(=O)N[C@H](C[C@@H]2CCNC2=O)C(=O)CO)(c2ccccc2)N1. The number of fused-ring (bicyclic) bond motifs is 1. The van der Waals surface area contributed by atoms with E-state index in [1.807, 2.05) is 30.3 Å². The van der Waals surface area contributed by atoms with E-state index < -0.39 is 41.8 Å². The summed E-state index contributed by atoms with van der Waals surface area (Å²) in [4.78, 5) is 66.6. The van der Waals surface area contributed by atoms with Crippen molar-refractivity contribution in [3.05, 3.63) is 35.9 Å². The van der Waals surface area contributed by atoms with Gasteiger partial charge in [0, 0.05) is 25.4 Å². The minimum atomic E-state index is -1.24. The minimum Gasteiger partial charge on any atom is -0.389 e. The van der Waals surface area contributed by atoms with Crippen molar-refractivity contribution in [2.24, 2.45) is 17.8 Å². The van der Waals surface area contributed by atoms with Crippen LogP contribution in [-0.4, -0.2) is 71.2 Å². The van der Waals surface area contributed by atoms with Gasteiger partial charge in [-0.3, -0.25) is 24.0 Å². The quantitative estimate of drug-likeness (QED) is 0.387. The predicted octanol–water partition coefficient (Wildman–Crippen LogP) is -0.00860. The van der Waals surface area contributed by atoms with Crippen LogP contribution in [-0.2, 0) is 29.5 Å². The number of nitrogens with zero attached hydrogens (tertiary/aromatic N) is 1. The Morgan fingerprint density at radius 3 is 2.57 bits per heavy atom. The summed E-state index contributed by atoms with van der Waals surface area (Å²) in [6.07, 6.45) is 3.84. The lowest BCUT2D eigenvalue weighted by atomic mass is 9.86. The molecule has 0 spiro atoms. The van der Waals surface area contributed by atoms with Gasteiger partial charge in [-0.25, -0.2) is 0 Å². The van der Waals surface area contributed by atoms with Crippen molar-refractivity contribution in [1.82, 2.24) is 20.9 Å². The van der Waals surface area contributed by atoms with Gasteiger partial charge < -0.3 is 26.0 Å². The second-order valence-corrected chi connectivity index (χ2v) is 10.8. The maximum Gasteiger partial charge on any atom is 0.253 e. The minimum absolute atomic E-state index is 0.0477. The lowest BCUT2D eigenvalue weighted by Gasteiger charge is -2.36. The molecule has 4 amide bonds. The number of amides is 4. The number of nitrogens with one attached hydrogen (secondary N) is 3. The van der Waals surface area contributed by atoms with Crippen LogP contribution in [0.1, 0.15) is 50.5 Å². The van der Waals surface area contributed by atoms with Crippen LogP contribution in [0.25, 0.3) is 0 Å². The fourth-order valence-corrected chi connectivity index (χ4v) is 6.78. The zero-order valence-corrected chi connectivity index (χ0v) is 20.8. The number of aliphatic hydroxyl groups is 1. The molecule has 4 fully saturated rings. The molecule has 0 radical (unpaired) electrons. The fourth-order valence-electron chi connectivity index (χ4n) is 6.78. The molecule has 37 heavy (non-hydrogen) atoms. The third kappa shape index (κ3) is 4.63. The summed E-state index contributed by atoms with van der Waals surface area (Å²) in [5.74, 6) is -1.99. The number of hydrogen-bond donors (Lipinski definition) is 4. The van der Waals surface area contributed by atoms with Crippen LogP contribution in [0.3, 0.4) is 0 Å². The molecule has 4 N–H and O–H groups in total. The molecule has 1 saturated carbocycles. The van der Waals surface area contributed by atoms with Crippen molar-refractivity contribution < 1.29 is 29.1 Å². The van der Waals surface area contributed by atoms with Gasteiger partial charge in [-0.05, 0) is 49.5 Å². The highest BCUT2D eigenvalue weighted by Crippen LogP contribution is 2.45. The Balaban J connectivity index is 1.42. The van der Waals surface area contributed by atoms with Gasteiger partial charge in [-0.2, -0.15) is 0 Å². The first-order valence-corrected chi connectivity index (χ1v) is 13.2. The molecule has 0 aromatic heterocycles. The number of rotatable bonds is 8. The number of aliphatic hydroxyl groups excluding tert-OH is 1. The van der Waals surface area contributed by atoms with Crippen molar-refractivity contribution in [3.63, 3.8) is 0 Å². The standard InChI is InChI=1S/C27H34N4O6/c32-15-21(33)20(13-16-10-12-28-24(16)35)29-25(36)23-19-8-4-5-17(19)14-31(23)26(37)27(11-9-22(34)30-27)18-6-2-1-3-7-18/h1-3,6-7,16-17,19-20,23,32H,4-5,8-15H2,(H,28,35)(H,29,36)(H,30,34)/t16-,17-,19-,20+,23-,27+/m0/s1. The summed E-state index contributed by atoms with van der Waals surface area (Å²) < 4.78 is 0. The van der Waals surface area contributed by atoms with E-state index in [2.05, 4.69) is 16.0 Å². The van der Waals surface area contributed by atoms with E-state index in [9.17, 15) is 29.1 Å². The molecular weight excluding hydrogens is 476 g/mol. The summed E-state index contributed by atoms with van der Waals surface area (Å²) >= 11 is 0. The third-order valence-corrected chi connectivity index (χ3v) is 8.68. The molecule has 10 heteroatoms. The first kappa shape index (κ1) is 25.4. The Bertz CT molecular complexity index is 1090. The number of carbonyl (C=O) groups is 5. The van der Waals surface area contributed by atoms with E-state index in [1.165, 1.54) is 0 Å². The summed E-state index contributed by atoms with van der Waals surface area (Å²) in [7, 11) is 0. The van der Waals surface area contributed by atoms with Gasteiger partial charge in [0.05, 0.1) is 6.04 Å². The Kier molecular flexibility index (Phi) is 7.02. The average Bonchev–Trinajstić information content (AvgIpc) is 3.68. The Labute approximate surface area is 215 Å². The van der Waals surface area contributed by atoms with Crippen LogP contribution in [0.15, 0.2) is 30.3 Å². The van der Waals surface area contributed by atoms with E-state index >= 15 is 0 Å². The van der Waals surface area contributed by atoms with Crippen LogP contribution in [0.4, 0.5) is 0 Å². The van der Waals surface area contributed by atoms with Crippen molar-refractivity contribution in [2.75, 3.05) is 19.7 Å². The largest absolute Gasteiger partial charge is 0.389 e. The molecule has 4 aliphatic rings. The van der Waals surface area contributed by atoms with E-state index in [4.69, 9.17) is 0 Å². The van der Waals surface area contributed by atoms with Crippen molar-refractivity contribution in [2.45, 2.75) is 62.6 Å². The van der Waals surface area contributed by atoms with Crippen molar-refractivity contribution >= 4 is 29.4 Å². The molecule has 5 rings (SSSR count). The first-order valence-electron chi connectivity index (χ1n) is 13.2. The molecule has 6 atom stereocenters. The molecular formula is C27H34N4O6. The maximum absolute atomic E-state index is 14.2. The van der Waals surface area contributed by atoms with Crippen LogP contribution >= 0.6 is 0 Å².